The van der Waals surface area contributed by atoms with Crippen LogP contribution in [-0.2, 0) is 0 Å². The summed E-state index contributed by atoms with van der Waals surface area (Å²) in [6.07, 6.45) is 0. The van der Waals surface area contributed by atoms with Gasteiger partial charge in [-0.2, -0.15) is 9.97 Å². The van der Waals surface area contributed by atoms with Crippen molar-refractivity contribution in [2.75, 3.05) is 0 Å². The molecule has 7 nitrogen and oxygen atoms in total. The molecule has 7 aromatic carbocycles. The molecular weight excluding hydrogens is 653 g/mol. The number of para-hydroxylation sites is 2. The van der Waals surface area contributed by atoms with Crippen LogP contribution in [0.2, 0.25) is 0 Å². The molecule has 0 radical (unpaired) electrons. The highest BCUT2D eigenvalue weighted by molar-refractivity contribution is 6.23. The molecule has 0 amide bonds. The lowest BCUT2D eigenvalue weighted by molar-refractivity contribution is 0.672. The number of furan rings is 1. The molecule has 248 valence electrons. The van der Waals surface area contributed by atoms with Crippen LogP contribution in [0.1, 0.15) is 0 Å². The molecule has 0 bridgehead atoms. The Labute approximate surface area is 303 Å². The Balaban J connectivity index is 1.26. The maximum absolute atomic E-state index is 7.16. The third-order valence-corrected chi connectivity index (χ3v) is 9.99. The zero-order valence-electron chi connectivity index (χ0n) is 28.3. The number of aromatic nitrogens is 6. The van der Waals surface area contributed by atoms with Gasteiger partial charge in [-0.05, 0) is 36.4 Å². The quantitative estimate of drug-likeness (QED) is 0.181. The Bertz CT molecular complexity index is 3090. The number of benzene rings is 7. The molecule has 0 saturated heterocycles. The van der Waals surface area contributed by atoms with Crippen molar-refractivity contribution in [2.24, 2.45) is 0 Å². The van der Waals surface area contributed by atoms with Crippen molar-refractivity contribution in [3.8, 4) is 45.8 Å². The zero-order chi connectivity index (χ0) is 34.9. The van der Waals surface area contributed by atoms with E-state index in [1.54, 1.807) is 0 Å². The van der Waals surface area contributed by atoms with Gasteiger partial charge < -0.3 is 4.42 Å². The van der Waals surface area contributed by atoms with E-state index in [0.29, 0.717) is 17.6 Å². The molecule has 0 unspecified atom stereocenters. The maximum Gasteiger partial charge on any atom is 0.238 e. The second kappa shape index (κ2) is 11.6. The lowest BCUT2D eigenvalue weighted by Crippen LogP contribution is -2.06. The third-order valence-electron chi connectivity index (χ3n) is 9.99. The fourth-order valence-electron chi connectivity index (χ4n) is 7.61. The average molecular weight is 681 g/mol. The predicted octanol–water partition coefficient (Wildman–Crippen LogP) is 11.2. The molecule has 4 heterocycles. The molecule has 0 spiro atoms. The standard InChI is InChI=1S/C46H28N6O/c1-5-15-29(16-6-1)43-48-44(30-17-7-2-8-18-30)50-46(49-43)52-38-24-14-13-23-33(38)34-25-26-35-36-27-28-37-40(42(36)53-41(35)39(34)52)51(32-21-11-4-12-22-32)45(47-37)31-19-9-3-10-20-31/h1-28H. The van der Waals surface area contributed by atoms with Crippen LogP contribution in [0, 0.1) is 0 Å². The van der Waals surface area contributed by atoms with Crippen molar-refractivity contribution in [3.05, 3.63) is 170 Å². The lowest BCUT2D eigenvalue weighted by Gasteiger charge is -2.11. The van der Waals surface area contributed by atoms with E-state index in [1.165, 1.54) is 0 Å². The predicted molar refractivity (Wildman–Crippen MR) is 212 cm³/mol. The zero-order valence-corrected chi connectivity index (χ0v) is 28.3. The minimum absolute atomic E-state index is 0.516. The van der Waals surface area contributed by atoms with Crippen molar-refractivity contribution in [1.29, 1.82) is 0 Å². The first kappa shape index (κ1) is 29.4. The van der Waals surface area contributed by atoms with E-state index in [4.69, 9.17) is 24.4 Å². The largest absolute Gasteiger partial charge is 0.452 e. The normalized spacial score (nSPS) is 11.8. The minimum atomic E-state index is 0.516. The summed E-state index contributed by atoms with van der Waals surface area (Å²) in [6, 6.07) is 57.8. The Morgan fingerprint density at radius 3 is 1.57 bits per heavy atom. The first-order valence-electron chi connectivity index (χ1n) is 17.6. The van der Waals surface area contributed by atoms with E-state index in [0.717, 1.165) is 83.0 Å². The van der Waals surface area contributed by atoms with E-state index < -0.39 is 0 Å². The van der Waals surface area contributed by atoms with Gasteiger partial charge in [-0.15, -0.1) is 0 Å². The van der Waals surface area contributed by atoms with E-state index >= 15 is 0 Å². The molecule has 7 heteroatoms. The van der Waals surface area contributed by atoms with Gasteiger partial charge in [-0.3, -0.25) is 9.13 Å². The second-order valence-electron chi connectivity index (χ2n) is 13.1. The molecule has 53 heavy (non-hydrogen) atoms. The van der Waals surface area contributed by atoms with Gasteiger partial charge in [-0.1, -0.05) is 133 Å². The van der Waals surface area contributed by atoms with Crippen molar-refractivity contribution >= 4 is 54.8 Å². The molecule has 0 N–H and O–H groups in total. The fourth-order valence-corrected chi connectivity index (χ4v) is 7.61. The first-order valence-corrected chi connectivity index (χ1v) is 17.6. The van der Waals surface area contributed by atoms with Gasteiger partial charge in [0, 0.05) is 43.9 Å². The topological polar surface area (TPSA) is 74.6 Å². The molecule has 11 aromatic rings. The average Bonchev–Trinajstić information content (AvgIpc) is 3.92. The van der Waals surface area contributed by atoms with Crippen LogP contribution < -0.4 is 0 Å². The van der Waals surface area contributed by atoms with E-state index in [9.17, 15) is 0 Å². The number of nitrogens with zero attached hydrogens (tertiary/aromatic N) is 6. The van der Waals surface area contributed by atoms with Crippen molar-refractivity contribution < 1.29 is 4.42 Å². The van der Waals surface area contributed by atoms with Crippen LogP contribution in [0.3, 0.4) is 0 Å². The molecule has 0 aliphatic carbocycles. The summed E-state index contributed by atoms with van der Waals surface area (Å²) in [5.41, 5.74) is 9.02. The van der Waals surface area contributed by atoms with Crippen molar-refractivity contribution in [3.63, 3.8) is 0 Å². The third kappa shape index (κ3) is 4.54. The monoisotopic (exact) mass is 680 g/mol. The minimum Gasteiger partial charge on any atom is -0.452 e. The molecule has 11 rings (SSSR count). The molecule has 4 aromatic heterocycles. The Hall–Kier alpha value is -7.38. The van der Waals surface area contributed by atoms with Gasteiger partial charge >= 0.3 is 0 Å². The van der Waals surface area contributed by atoms with Crippen molar-refractivity contribution in [1.82, 2.24) is 29.1 Å². The Morgan fingerprint density at radius 2 is 0.906 bits per heavy atom. The van der Waals surface area contributed by atoms with Gasteiger partial charge in [0.25, 0.3) is 0 Å². The van der Waals surface area contributed by atoms with Crippen LogP contribution in [0.25, 0.3) is 101 Å². The summed E-state index contributed by atoms with van der Waals surface area (Å²) in [6.45, 7) is 0. The van der Waals surface area contributed by atoms with E-state index in [2.05, 4.69) is 94.1 Å². The van der Waals surface area contributed by atoms with Gasteiger partial charge in [0.05, 0.1) is 11.0 Å². The summed E-state index contributed by atoms with van der Waals surface area (Å²) in [5, 5.41) is 4.14. The maximum atomic E-state index is 7.16. The highest BCUT2D eigenvalue weighted by atomic mass is 16.3. The van der Waals surface area contributed by atoms with Gasteiger partial charge in [-0.25, -0.2) is 9.97 Å². The number of hydrogen-bond acceptors (Lipinski definition) is 5. The number of rotatable bonds is 5. The summed E-state index contributed by atoms with van der Waals surface area (Å²) in [7, 11) is 0. The highest BCUT2D eigenvalue weighted by Gasteiger charge is 2.25. The smallest absolute Gasteiger partial charge is 0.238 e. The van der Waals surface area contributed by atoms with Crippen LogP contribution in [0.5, 0.6) is 0 Å². The summed E-state index contributed by atoms with van der Waals surface area (Å²) in [5.74, 6) is 2.56. The van der Waals surface area contributed by atoms with Crippen LogP contribution in [-0.4, -0.2) is 29.1 Å². The summed E-state index contributed by atoms with van der Waals surface area (Å²) in [4.78, 5) is 20.5. The van der Waals surface area contributed by atoms with Crippen LogP contribution in [0.4, 0.5) is 0 Å². The second-order valence-corrected chi connectivity index (χ2v) is 13.1. The lowest BCUT2D eigenvalue weighted by atomic mass is 10.1. The van der Waals surface area contributed by atoms with E-state index in [1.807, 2.05) is 84.9 Å². The van der Waals surface area contributed by atoms with Gasteiger partial charge in [0.2, 0.25) is 5.95 Å². The Morgan fingerprint density at radius 1 is 0.377 bits per heavy atom. The van der Waals surface area contributed by atoms with Crippen molar-refractivity contribution in [2.45, 2.75) is 0 Å². The molecule has 0 aliphatic heterocycles. The molecule has 0 fully saturated rings. The molecule has 0 saturated carbocycles. The molecular formula is C46H28N6O. The molecule has 0 aliphatic rings. The number of hydrogen-bond donors (Lipinski definition) is 0. The number of imidazole rings is 1. The van der Waals surface area contributed by atoms with Gasteiger partial charge in [0.1, 0.15) is 16.9 Å². The molecule has 0 atom stereocenters. The number of fused-ring (bicyclic) bond motifs is 9. The SMILES string of the molecule is c1ccc(-c2nc(-c3ccccc3)nc(-n3c4ccccc4c4ccc5c6ccc7nc(-c8ccccc8)n(-c8ccccc8)c7c6oc5c43)n2)cc1. The van der Waals surface area contributed by atoms with Gasteiger partial charge in [0.15, 0.2) is 22.8 Å². The fraction of sp³-hybridized carbons (Fsp3) is 0. The van der Waals surface area contributed by atoms with Crippen LogP contribution in [0.15, 0.2) is 174 Å². The highest BCUT2D eigenvalue weighted by Crippen LogP contribution is 2.43. The Kier molecular flexibility index (Phi) is 6.42. The van der Waals surface area contributed by atoms with Crippen LogP contribution >= 0.6 is 0 Å². The van der Waals surface area contributed by atoms with E-state index in [-0.39, 0.29) is 0 Å². The summed E-state index contributed by atoms with van der Waals surface area (Å²) >= 11 is 0. The summed E-state index contributed by atoms with van der Waals surface area (Å²) < 4.78 is 11.5. The first-order chi connectivity index (χ1) is 26.3.